The molecule has 130 valence electrons. The van der Waals surface area contributed by atoms with E-state index < -0.39 is 0 Å². The van der Waals surface area contributed by atoms with E-state index in [1.54, 1.807) is 0 Å². The average molecular weight is 347 g/mol. The number of amides is 1. The van der Waals surface area contributed by atoms with Gasteiger partial charge in [0, 0.05) is 17.6 Å². The number of rotatable bonds is 6. The van der Waals surface area contributed by atoms with Crippen molar-refractivity contribution < 1.29 is 4.79 Å². The monoisotopic (exact) mass is 346 g/mol. The van der Waals surface area contributed by atoms with E-state index in [0.717, 1.165) is 22.2 Å². The quantitative estimate of drug-likeness (QED) is 0.791. The average Bonchev–Trinajstić information content (AvgIpc) is 2.92. The Morgan fingerprint density at radius 1 is 1.21 bits per heavy atom. The number of hydrogen-bond acceptors (Lipinski definition) is 4. The van der Waals surface area contributed by atoms with Crippen molar-refractivity contribution in [3.05, 3.63) is 35.2 Å². The molecule has 1 N–H and O–H groups in total. The summed E-state index contributed by atoms with van der Waals surface area (Å²) >= 11 is 1.43. The van der Waals surface area contributed by atoms with Crippen molar-refractivity contribution in [2.24, 2.45) is 0 Å². The number of benzene rings is 1. The van der Waals surface area contributed by atoms with Crippen LogP contribution >= 0.6 is 11.8 Å². The van der Waals surface area contributed by atoms with Crippen LogP contribution in [0.3, 0.4) is 0 Å². The van der Waals surface area contributed by atoms with Gasteiger partial charge in [-0.1, -0.05) is 43.3 Å². The highest BCUT2D eigenvalue weighted by molar-refractivity contribution is 7.99. The number of anilines is 1. The second kappa shape index (κ2) is 7.83. The molecular weight excluding hydrogens is 320 g/mol. The second-order valence-corrected chi connectivity index (χ2v) is 7.56. The number of nitrogens with zero attached hydrogens (tertiary/aromatic N) is 3. The Bertz CT molecular complexity index is 722. The van der Waals surface area contributed by atoms with Crippen LogP contribution in [0.4, 0.5) is 5.69 Å². The maximum atomic E-state index is 12.3. The summed E-state index contributed by atoms with van der Waals surface area (Å²) in [6.45, 7) is 12.5. The minimum Gasteiger partial charge on any atom is -0.325 e. The van der Waals surface area contributed by atoms with E-state index in [-0.39, 0.29) is 11.9 Å². The number of aromatic nitrogens is 3. The molecule has 0 radical (unpaired) electrons. The molecule has 6 heteroatoms. The first-order valence-corrected chi connectivity index (χ1v) is 9.22. The van der Waals surface area contributed by atoms with E-state index in [9.17, 15) is 4.79 Å². The van der Waals surface area contributed by atoms with Gasteiger partial charge in [0.05, 0.1) is 5.75 Å². The fourth-order valence-electron chi connectivity index (χ4n) is 2.54. The van der Waals surface area contributed by atoms with E-state index in [1.165, 1.54) is 17.3 Å². The van der Waals surface area contributed by atoms with Gasteiger partial charge in [0.1, 0.15) is 5.82 Å². The Labute approximate surface area is 148 Å². The number of carbonyl (C=O) groups is 1. The molecule has 1 aromatic carbocycles. The summed E-state index contributed by atoms with van der Waals surface area (Å²) in [4.78, 5) is 12.3. The molecule has 0 saturated carbocycles. The van der Waals surface area contributed by atoms with Gasteiger partial charge in [-0.25, -0.2) is 0 Å². The zero-order valence-corrected chi connectivity index (χ0v) is 16.1. The first-order chi connectivity index (χ1) is 11.3. The highest BCUT2D eigenvalue weighted by atomic mass is 32.2. The van der Waals surface area contributed by atoms with Crippen molar-refractivity contribution >= 4 is 23.4 Å². The first-order valence-electron chi connectivity index (χ1n) is 8.24. The molecule has 0 aliphatic rings. The highest BCUT2D eigenvalue weighted by Gasteiger charge is 2.18. The largest absolute Gasteiger partial charge is 0.325 e. The Kier molecular flexibility index (Phi) is 6.04. The molecule has 0 saturated heterocycles. The number of thioether (sulfide) groups is 1. The van der Waals surface area contributed by atoms with Crippen LogP contribution in [0.5, 0.6) is 0 Å². The molecule has 5 nitrogen and oxygen atoms in total. The lowest BCUT2D eigenvalue weighted by Crippen LogP contribution is -2.16. The van der Waals surface area contributed by atoms with Crippen LogP contribution < -0.4 is 5.32 Å². The van der Waals surface area contributed by atoms with Crippen LogP contribution in [0.2, 0.25) is 0 Å². The van der Waals surface area contributed by atoms with Gasteiger partial charge in [-0.05, 0) is 39.3 Å². The standard InChI is InChI=1S/C18H26N4OS/c1-11(2)17-20-21-18(22(17)12(3)4)24-10-16(23)19-15-8-7-13(5)9-14(15)6/h7-9,11-12H,10H2,1-6H3,(H,19,23). The maximum absolute atomic E-state index is 12.3. The van der Waals surface area contributed by atoms with Crippen molar-refractivity contribution in [1.29, 1.82) is 0 Å². The van der Waals surface area contributed by atoms with E-state index in [0.29, 0.717) is 11.7 Å². The summed E-state index contributed by atoms with van der Waals surface area (Å²) < 4.78 is 2.11. The van der Waals surface area contributed by atoms with Gasteiger partial charge in [0.25, 0.3) is 0 Å². The minimum atomic E-state index is -0.0312. The van der Waals surface area contributed by atoms with E-state index in [2.05, 4.69) is 53.8 Å². The molecule has 1 aromatic heterocycles. The third kappa shape index (κ3) is 4.38. The minimum absolute atomic E-state index is 0.0312. The number of hydrogen-bond donors (Lipinski definition) is 1. The van der Waals surface area contributed by atoms with E-state index in [1.807, 2.05) is 26.0 Å². The maximum Gasteiger partial charge on any atom is 0.234 e. The molecule has 0 aliphatic carbocycles. The molecule has 0 spiro atoms. The molecule has 1 amide bonds. The summed E-state index contributed by atoms with van der Waals surface area (Å²) in [5.74, 6) is 1.55. The van der Waals surface area contributed by atoms with Gasteiger partial charge in [-0.2, -0.15) is 0 Å². The Balaban J connectivity index is 2.04. The lowest BCUT2D eigenvalue weighted by Gasteiger charge is -2.15. The summed E-state index contributed by atoms with van der Waals surface area (Å²) in [5, 5.41) is 12.3. The molecule has 0 bridgehead atoms. The molecule has 24 heavy (non-hydrogen) atoms. The van der Waals surface area contributed by atoms with Crippen molar-refractivity contribution in [2.45, 2.75) is 58.7 Å². The number of aryl methyl sites for hydroxylation is 2. The fourth-order valence-corrected chi connectivity index (χ4v) is 3.41. The van der Waals surface area contributed by atoms with Crippen LogP contribution in [0.1, 0.15) is 56.6 Å². The fraction of sp³-hybridized carbons (Fsp3) is 0.500. The lowest BCUT2D eigenvalue weighted by atomic mass is 10.1. The van der Waals surface area contributed by atoms with Crippen LogP contribution in [0, 0.1) is 13.8 Å². The zero-order chi connectivity index (χ0) is 17.9. The topological polar surface area (TPSA) is 59.8 Å². The van der Waals surface area contributed by atoms with Crippen LogP contribution in [-0.4, -0.2) is 26.4 Å². The second-order valence-electron chi connectivity index (χ2n) is 6.61. The predicted octanol–water partition coefficient (Wildman–Crippen LogP) is 4.33. The van der Waals surface area contributed by atoms with Gasteiger partial charge >= 0.3 is 0 Å². The van der Waals surface area contributed by atoms with Crippen molar-refractivity contribution in [2.75, 3.05) is 11.1 Å². The molecule has 0 aliphatic heterocycles. The summed E-state index contributed by atoms with van der Waals surface area (Å²) in [6.07, 6.45) is 0. The third-order valence-corrected chi connectivity index (χ3v) is 4.66. The highest BCUT2D eigenvalue weighted by Crippen LogP contribution is 2.25. The van der Waals surface area contributed by atoms with Gasteiger partial charge in [-0.15, -0.1) is 10.2 Å². The van der Waals surface area contributed by atoms with Crippen LogP contribution in [-0.2, 0) is 4.79 Å². The van der Waals surface area contributed by atoms with E-state index in [4.69, 9.17) is 0 Å². The molecule has 1 heterocycles. The van der Waals surface area contributed by atoms with Crippen molar-refractivity contribution in [3.8, 4) is 0 Å². The Morgan fingerprint density at radius 2 is 1.92 bits per heavy atom. The summed E-state index contributed by atoms with van der Waals surface area (Å²) in [6, 6.07) is 6.27. The third-order valence-electron chi connectivity index (χ3n) is 3.71. The zero-order valence-electron chi connectivity index (χ0n) is 15.3. The van der Waals surface area contributed by atoms with Crippen LogP contribution in [0.15, 0.2) is 23.4 Å². The van der Waals surface area contributed by atoms with Crippen molar-refractivity contribution in [3.63, 3.8) is 0 Å². The van der Waals surface area contributed by atoms with Gasteiger partial charge in [-0.3, -0.25) is 4.79 Å². The Morgan fingerprint density at radius 3 is 2.50 bits per heavy atom. The van der Waals surface area contributed by atoms with Gasteiger partial charge < -0.3 is 9.88 Å². The lowest BCUT2D eigenvalue weighted by molar-refractivity contribution is -0.113. The Hall–Kier alpha value is -1.82. The van der Waals surface area contributed by atoms with Gasteiger partial charge in [0.15, 0.2) is 5.16 Å². The number of carbonyl (C=O) groups excluding carboxylic acids is 1. The van der Waals surface area contributed by atoms with Gasteiger partial charge in [0.2, 0.25) is 5.91 Å². The molecular formula is C18H26N4OS. The molecule has 2 rings (SSSR count). The first kappa shape index (κ1) is 18.5. The number of nitrogens with one attached hydrogen (secondary N) is 1. The predicted molar refractivity (Wildman–Crippen MR) is 99.8 cm³/mol. The smallest absolute Gasteiger partial charge is 0.234 e. The SMILES string of the molecule is Cc1ccc(NC(=O)CSc2nnc(C(C)C)n2C(C)C)c(C)c1. The van der Waals surface area contributed by atoms with Crippen molar-refractivity contribution in [1.82, 2.24) is 14.8 Å². The van der Waals surface area contributed by atoms with E-state index >= 15 is 0 Å². The normalized spacial score (nSPS) is 11.3. The summed E-state index contributed by atoms with van der Waals surface area (Å²) in [5.41, 5.74) is 3.12. The summed E-state index contributed by atoms with van der Waals surface area (Å²) in [7, 11) is 0. The van der Waals surface area contributed by atoms with Crippen LogP contribution in [0.25, 0.3) is 0 Å². The molecule has 0 fully saturated rings. The molecule has 0 atom stereocenters. The molecule has 2 aromatic rings. The molecule has 0 unspecified atom stereocenters.